The van der Waals surface area contributed by atoms with Crippen molar-refractivity contribution in [2.24, 2.45) is 0 Å². The Morgan fingerprint density at radius 1 is 1.50 bits per heavy atom. The fourth-order valence-corrected chi connectivity index (χ4v) is 2.61. The highest BCUT2D eigenvalue weighted by Gasteiger charge is 2.17. The van der Waals surface area contributed by atoms with Gasteiger partial charge in [0.15, 0.2) is 4.96 Å². The molecule has 2 N–H and O–H groups in total. The minimum absolute atomic E-state index is 0.00922. The van der Waals surface area contributed by atoms with Gasteiger partial charge in [-0.1, -0.05) is 0 Å². The predicted octanol–water partition coefficient (Wildman–Crippen LogP) is 1.41. The maximum atomic E-state index is 11.9. The topological polar surface area (TPSA) is 67.7 Å². The Morgan fingerprint density at radius 2 is 2.25 bits per heavy atom. The van der Waals surface area contributed by atoms with Crippen molar-refractivity contribution in [2.45, 2.75) is 39.4 Å². The van der Waals surface area contributed by atoms with Crippen LogP contribution in [0.1, 0.15) is 26.5 Å². The van der Waals surface area contributed by atoms with Crippen molar-refractivity contribution in [1.82, 2.24) is 20.0 Å². The zero-order valence-electron chi connectivity index (χ0n) is 12.1. The van der Waals surface area contributed by atoms with E-state index in [0.29, 0.717) is 12.4 Å². The molecule has 110 valence electrons. The normalized spacial score (nSPS) is 12.8. The van der Waals surface area contributed by atoms with Crippen LogP contribution in [0.5, 0.6) is 5.88 Å². The van der Waals surface area contributed by atoms with Crippen molar-refractivity contribution in [3.63, 3.8) is 0 Å². The van der Waals surface area contributed by atoms with Gasteiger partial charge in [0.2, 0.25) is 11.8 Å². The number of nitrogens with zero attached hydrogens (tertiary/aromatic N) is 2. The molecule has 2 aromatic rings. The molecule has 0 aliphatic heterocycles. The fraction of sp³-hybridized carbons (Fsp3) is 0.538. The number of ether oxygens (including phenoxy) is 1. The Hall–Kier alpha value is -1.60. The predicted molar refractivity (Wildman–Crippen MR) is 79.2 cm³/mol. The standard InChI is InChI=1S/C13H20N4O2S/c1-8(2)15-11(18)9(3)14-7-10-12(19-4)16-13-17(10)5-6-20-13/h5-6,8-9,14H,7H2,1-4H3,(H,15,18). The van der Waals surface area contributed by atoms with Crippen molar-refractivity contribution in [3.8, 4) is 5.88 Å². The van der Waals surface area contributed by atoms with Crippen molar-refractivity contribution in [2.75, 3.05) is 7.11 Å². The monoisotopic (exact) mass is 296 g/mol. The second kappa shape index (κ2) is 6.23. The van der Waals surface area contributed by atoms with Crippen LogP contribution in [0.15, 0.2) is 11.6 Å². The van der Waals surface area contributed by atoms with Crippen LogP contribution in [-0.4, -0.2) is 34.5 Å². The highest BCUT2D eigenvalue weighted by Crippen LogP contribution is 2.22. The van der Waals surface area contributed by atoms with E-state index in [0.717, 1.165) is 10.7 Å². The zero-order chi connectivity index (χ0) is 14.7. The number of imidazole rings is 1. The highest BCUT2D eigenvalue weighted by molar-refractivity contribution is 7.15. The number of carbonyl (C=O) groups is 1. The lowest BCUT2D eigenvalue weighted by molar-refractivity contribution is -0.123. The smallest absolute Gasteiger partial charge is 0.237 e. The van der Waals surface area contributed by atoms with E-state index in [-0.39, 0.29) is 18.0 Å². The van der Waals surface area contributed by atoms with Crippen molar-refractivity contribution in [1.29, 1.82) is 0 Å². The summed E-state index contributed by atoms with van der Waals surface area (Å²) in [6, 6.07) is -0.133. The van der Waals surface area contributed by atoms with E-state index in [4.69, 9.17) is 4.74 Å². The van der Waals surface area contributed by atoms with Gasteiger partial charge in [-0.15, -0.1) is 11.3 Å². The summed E-state index contributed by atoms with van der Waals surface area (Å²) in [7, 11) is 1.60. The number of methoxy groups -OCH3 is 1. The number of hydrogen-bond acceptors (Lipinski definition) is 5. The number of hydrogen-bond donors (Lipinski definition) is 2. The zero-order valence-corrected chi connectivity index (χ0v) is 13.0. The van der Waals surface area contributed by atoms with Crippen LogP contribution in [0.2, 0.25) is 0 Å². The Kier molecular flexibility index (Phi) is 4.61. The average Bonchev–Trinajstić information content (AvgIpc) is 2.95. The van der Waals surface area contributed by atoms with Crippen LogP contribution < -0.4 is 15.4 Å². The van der Waals surface area contributed by atoms with Crippen molar-refractivity contribution >= 4 is 22.2 Å². The molecule has 0 saturated heterocycles. The average molecular weight is 296 g/mol. The lowest BCUT2D eigenvalue weighted by atomic mass is 10.2. The summed E-state index contributed by atoms with van der Waals surface area (Å²) >= 11 is 1.55. The molecule has 0 aliphatic rings. The van der Waals surface area contributed by atoms with Gasteiger partial charge in [-0.05, 0) is 20.8 Å². The number of rotatable bonds is 6. The van der Waals surface area contributed by atoms with E-state index in [1.807, 2.05) is 36.7 Å². The van der Waals surface area contributed by atoms with Gasteiger partial charge in [-0.3, -0.25) is 9.20 Å². The molecule has 2 rings (SSSR count). The molecule has 0 saturated carbocycles. The van der Waals surface area contributed by atoms with E-state index in [1.165, 1.54) is 0 Å². The van der Waals surface area contributed by atoms with Gasteiger partial charge in [-0.25, -0.2) is 0 Å². The SMILES string of the molecule is COc1nc2sccn2c1CNC(C)C(=O)NC(C)C. The molecule has 0 spiro atoms. The molecule has 0 aromatic carbocycles. The molecule has 1 unspecified atom stereocenters. The molecule has 1 amide bonds. The van der Waals surface area contributed by atoms with Crippen LogP contribution in [0.3, 0.4) is 0 Å². The minimum Gasteiger partial charge on any atom is -0.480 e. The van der Waals surface area contributed by atoms with Crippen LogP contribution in [0, 0.1) is 0 Å². The Morgan fingerprint density at radius 3 is 2.90 bits per heavy atom. The first kappa shape index (κ1) is 14.8. The fourth-order valence-electron chi connectivity index (χ4n) is 1.89. The highest BCUT2D eigenvalue weighted by atomic mass is 32.1. The van der Waals surface area contributed by atoms with E-state index >= 15 is 0 Å². The largest absolute Gasteiger partial charge is 0.480 e. The summed E-state index contributed by atoms with van der Waals surface area (Å²) < 4.78 is 7.26. The maximum absolute atomic E-state index is 11.9. The van der Waals surface area contributed by atoms with E-state index in [2.05, 4.69) is 15.6 Å². The number of fused-ring (bicyclic) bond motifs is 1. The lowest BCUT2D eigenvalue weighted by Crippen LogP contribution is -2.44. The third kappa shape index (κ3) is 3.10. The van der Waals surface area contributed by atoms with E-state index in [1.54, 1.807) is 18.4 Å². The van der Waals surface area contributed by atoms with Gasteiger partial charge < -0.3 is 15.4 Å². The molecule has 1 atom stereocenters. The Bertz CT molecular complexity index is 590. The summed E-state index contributed by atoms with van der Waals surface area (Å²) in [6.07, 6.45) is 1.95. The summed E-state index contributed by atoms with van der Waals surface area (Å²) in [6.45, 7) is 6.25. The van der Waals surface area contributed by atoms with Crippen molar-refractivity contribution < 1.29 is 9.53 Å². The second-order valence-electron chi connectivity index (χ2n) is 4.89. The quantitative estimate of drug-likeness (QED) is 0.846. The lowest BCUT2D eigenvalue weighted by Gasteiger charge is -2.16. The Labute approximate surface area is 122 Å². The minimum atomic E-state index is -0.272. The van der Waals surface area contributed by atoms with Gasteiger partial charge >= 0.3 is 0 Å². The van der Waals surface area contributed by atoms with Crippen molar-refractivity contribution in [3.05, 3.63) is 17.3 Å². The molecule has 2 heterocycles. The summed E-state index contributed by atoms with van der Waals surface area (Å²) in [5.41, 5.74) is 0.924. The third-order valence-corrected chi connectivity index (χ3v) is 3.67. The van der Waals surface area contributed by atoms with E-state index < -0.39 is 0 Å². The van der Waals surface area contributed by atoms with Crippen LogP contribution in [-0.2, 0) is 11.3 Å². The van der Waals surface area contributed by atoms with E-state index in [9.17, 15) is 4.79 Å². The molecule has 0 fully saturated rings. The molecule has 0 bridgehead atoms. The number of nitrogens with one attached hydrogen (secondary N) is 2. The Balaban J connectivity index is 2.05. The molecular weight excluding hydrogens is 276 g/mol. The van der Waals surface area contributed by atoms with Crippen LogP contribution >= 0.6 is 11.3 Å². The molecule has 0 radical (unpaired) electrons. The summed E-state index contributed by atoms with van der Waals surface area (Å²) in [5, 5.41) is 8.05. The number of thiazole rings is 1. The first-order valence-electron chi connectivity index (χ1n) is 6.55. The van der Waals surface area contributed by atoms with Gasteiger partial charge in [0.25, 0.3) is 0 Å². The maximum Gasteiger partial charge on any atom is 0.237 e. The molecule has 7 heteroatoms. The first-order chi connectivity index (χ1) is 9.52. The number of amides is 1. The molecule has 6 nitrogen and oxygen atoms in total. The van der Waals surface area contributed by atoms with Gasteiger partial charge in [-0.2, -0.15) is 4.98 Å². The summed E-state index contributed by atoms with van der Waals surface area (Å²) in [4.78, 5) is 17.1. The molecular formula is C13H20N4O2S. The van der Waals surface area contributed by atoms with Crippen LogP contribution in [0.4, 0.5) is 0 Å². The summed E-state index contributed by atoms with van der Waals surface area (Å²) in [5.74, 6) is 0.589. The molecule has 0 aliphatic carbocycles. The van der Waals surface area contributed by atoms with Crippen LogP contribution in [0.25, 0.3) is 4.96 Å². The molecule has 20 heavy (non-hydrogen) atoms. The number of carbonyl (C=O) groups excluding carboxylic acids is 1. The molecule has 2 aromatic heterocycles. The van der Waals surface area contributed by atoms with Gasteiger partial charge in [0.05, 0.1) is 13.2 Å². The second-order valence-corrected chi connectivity index (χ2v) is 5.76. The number of aromatic nitrogens is 2. The third-order valence-electron chi connectivity index (χ3n) is 2.92. The van der Waals surface area contributed by atoms with Gasteiger partial charge in [0, 0.05) is 24.2 Å². The van der Waals surface area contributed by atoms with Gasteiger partial charge in [0.1, 0.15) is 5.69 Å². The first-order valence-corrected chi connectivity index (χ1v) is 7.43.